The Morgan fingerprint density at radius 1 is 1.18 bits per heavy atom. The predicted octanol–water partition coefficient (Wildman–Crippen LogP) is 1.44. The lowest BCUT2D eigenvalue weighted by Crippen LogP contribution is -2.43. The van der Waals surface area contributed by atoms with E-state index in [1.54, 1.807) is 4.90 Å². The van der Waals surface area contributed by atoms with Crippen molar-refractivity contribution in [2.24, 2.45) is 17.8 Å². The van der Waals surface area contributed by atoms with E-state index in [2.05, 4.69) is 6.92 Å². The number of likely N-dealkylation sites (tertiary alicyclic amines) is 2. The molecule has 0 spiro atoms. The maximum absolute atomic E-state index is 12.9. The molecule has 2 saturated heterocycles. The minimum Gasteiger partial charge on any atom is -0.481 e. The fourth-order valence-electron chi connectivity index (χ4n) is 3.15. The quantitative estimate of drug-likeness (QED) is 0.854. The molecule has 2 aliphatic rings. The van der Waals surface area contributed by atoms with E-state index in [-0.39, 0.29) is 19.0 Å². The van der Waals surface area contributed by atoms with Crippen molar-refractivity contribution in [3.05, 3.63) is 0 Å². The predicted molar refractivity (Wildman–Crippen MR) is 72.1 cm³/mol. The van der Waals surface area contributed by atoms with E-state index < -0.39 is 30.5 Å². The molecule has 0 saturated carbocycles. The highest BCUT2D eigenvalue weighted by Crippen LogP contribution is 2.37. The third kappa shape index (κ3) is 3.91. The molecular weight excluding hydrogens is 301 g/mol. The highest BCUT2D eigenvalue weighted by atomic mass is 19.4. The van der Waals surface area contributed by atoms with E-state index in [9.17, 15) is 22.8 Å². The Balaban J connectivity index is 1.93. The van der Waals surface area contributed by atoms with Gasteiger partial charge < -0.3 is 10.0 Å². The molecule has 8 heteroatoms. The Morgan fingerprint density at radius 2 is 1.77 bits per heavy atom. The number of halogens is 3. The van der Waals surface area contributed by atoms with Crippen molar-refractivity contribution in [1.82, 2.24) is 9.80 Å². The number of hydrogen-bond acceptors (Lipinski definition) is 3. The van der Waals surface area contributed by atoms with Crippen LogP contribution >= 0.6 is 0 Å². The molecule has 0 aromatic carbocycles. The van der Waals surface area contributed by atoms with Gasteiger partial charge in [0.15, 0.2) is 0 Å². The lowest BCUT2D eigenvalue weighted by Gasteiger charge is -2.31. The number of carbonyl (C=O) groups is 2. The highest BCUT2D eigenvalue weighted by Gasteiger charge is 2.52. The van der Waals surface area contributed by atoms with Crippen LogP contribution in [0.1, 0.15) is 19.8 Å². The van der Waals surface area contributed by atoms with Crippen molar-refractivity contribution < 1.29 is 27.9 Å². The zero-order valence-corrected chi connectivity index (χ0v) is 12.5. The number of rotatable bonds is 3. The van der Waals surface area contributed by atoms with Gasteiger partial charge in [0.05, 0.1) is 18.4 Å². The van der Waals surface area contributed by atoms with Gasteiger partial charge in [0.2, 0.25) is 5.91 Å². The first kappa shape index (κ1) is 17.1. The van der Waals surface area contributed by atoms with Crippen molar-refractivity contribution >= 4 is 11.9 Å². The van der Waals surface area contributed by atoms with E-state index in [1.165, 1.54) is 4.90 Å². The van der Waals surface area contributed by atoms with Crippen LogP contribution in [0, 0.1) is 17.8 Å². The average molecular weight is 322 g/mol. The molecule has 2 atom stereocenters. The second-order valence-corrected chi connectivity index (χ2v) is 6.35. The van der Waals surface area contributed by atoms with Gasteiger partial charge in [-0.2, -0.15) is 13.2 Å². The second-order valence-electron chi connectivity index (χ2n) is 6.35. The Labute approximate surface area is 127 Å². The van der Waals surface area contributed by atoms with Gasteiger partial charge >= 0.3 is 12.1 Å². The Hall–Kier alpha value is -1.31. The fraction of sp³-hybridized carbons (Fsp3) is 0.857. The Kier molecular flexibility index (Phi) is 4.99. The molecule has 2 aliphatic heterocycles. The van der Waals surface area contributed by atoms with Gasteiger partial charge in [-0.25, -0.2) is 0 Å². The fourth-order valence-corrected chi connectivity index (χ4v) is 3.15. The standard InChI is InChI=1S/C14H21F3N2O3/c1-9-2-4-19(5-3-9)12(20)8-18-6-10(13(21)22)11(7-18)14(15,16)17/h9-11H,2-8H2,1H3,(H,21,22)/t10-,11-/m1/s1. The van der Waals surface area contributed by atoms with Crippen molar-refractivity contribution in [2.75, 3.05) is 32.7 Å². The van der Waals surface area contributed by atoms with Crippen LogP contribution in [0.4, 0.5) is 13.2 Å². The molecule has 0 bridgehead atoms. The largest absolute Gasteiger partial charge is 0.481 e. The summed E-state index contributed by atoms with van der Waals surface area (Å²) in [5.74, 6) is -4.50. The molecule has 126 valence electrons. The molecule has 0 radical (unpaired) electrons. The molecule has 1 amide bonds. The summed E-state index contributed by atoms with van der Waals surface area (Å²) in [5.41, 5.74) is 0. The third-order valence-corrected chi connectivity index (χ3v) is 4.63. The number of alkyl halides is 3. The average Bonchev–Trinajstić information content (AvgIpc) is 2.83. The maximum Gasteiger partial charge on any atom is 0.393 e. The van der Waals surface area contributed by atoms with Gasteiger partial charge in [-0.1, -0.05) is 6.92 Å². The second kappa shape index (κ2) is 6.44. The first-order valence-electron chi connectivity index (χ1n) is 7.48. The van der Waals surface area contributed by atoms with Crippen LogP contribution in [-0.2, 0) is 9.59 Å². The smallest absolute Gasteiger partial charge is 0.393 e. The van der Waals surface area contributed by atoms with Gasteiger partial charge in [-0.3, -0.25) is 14.5 Å². The third-order valence-electron chi connectivity index (χ3n) is 4.63. The number of carboxylic acids is 1. The molecule has 2 fully saturated rings. The summed E-state index contributed by atoms with van der Waals surface area (Å²) in [5, 5.41) is 8.95. The lowest BCUT2D eigenvalue weighted by molar-refractivity contribution is -0.188. The summed E-state index contributed by atoms with van der Waals surface area (Å²) >= 11 is 0. The number of carbonyl (C=O) groups excluding carboxylic acids is 1. The Morgan fingerprint density at radius 3 is 2.23 bits per heavy atom. The first-order chi connectivity index (χ1) is 10.2. The minimum atomic E-state index is -4.55. The molecule has 0 aromatic heterocycles. The zero-order chi connectivity index (χ0) is 16.5. The van der Waals surface area contributed by atoms with E-state index in [4.69, 9.17) is 5.11 Å². The number of piperidine rings is 1. The molecule has 22 heavy (non-hydrogen) atoms. The summed E-state index contributed by atoms with van der Waals surface area (Å²) in [7, 11) is 0. The van der Waals surface area contributed by atoms with Crippen LogP contribution in [0.15, 0.2) is 0 Å². The maximum atomic E-state index is 12.9. The van der Waals surface area contributed by atoms with Gasteiger partial charge in [-0.15, -0.1) is 0 Å². The van der Waals surface area contributed by atoms with Gasteiger partial charge in [0, 0.05) is 26.2 Å². The summed E-state index contributed by atoms with van der Waals surface area (Å²) in [6.45, 7) is 2.57. The number of hydrogen-bond donors (Lipinski definition) is 1. The number of amides is 1. The van der Waals surface area contributed by atoms with Gasteiger partial charge in [0.1, 0.15) is 0 Å². The topological polar surface area (TPSA) is 60.9 Å². The van der Waals surface area contributed by atoms with Crippen LogP contribution < -0.4 is 0 Å². The van der Waals surface area contributed by atoms with Crippen molar-refractivity contribution in [3.63, 3.8) is 0 Å². The molecule has 0 aliphatic carbocycles. The van der Waals surface area contributed by atoms with Crippen molar-refractivity contribution in [2.45, 2.75) is 25.9 Å². The number of nitrogens with zero attached hydrogens (tertiary/aromatic N) is 2. The Bertz CT molecular complexity index is 434. The minimum absolute atomic E-state index is 0.134. The molecular formula is C14H21F3N2O3. The van der Waals surface area contributed by atoms with Crippen molar-refractivity contribution in [3.8, 4) is 0 Å². The molecule has 5 nitrogen and oxygen atoms in total. The zero-order valence-electron chi connectivity index (χ0n) is 12.5. The van der Waals surface area contributed by atoms with Crippen LogP contribution in [0.3, 0.4) is 0 Å². The van der Waals surface area contributed by atoms with E-state index in [0.29, 0.717) is 19.0 Å². The van der Waals surface area contributed by atoms with Gasteiger partial charge in [0.25, 0.3) is 0 Å². The van der Waals surface area contributed by atoms with E-state index >= 15 is 0 Å². The van der Waals surface area contributed by atoms with Crippen molar-refractivity contribution in [1.29, 1.82) is 0 Å². The normalized spacial score (nSPS) is 28.1. The van der Waals surface area contributed by atoms with E-state index in [1.807, 2.05) is 0 Å². The van der Waals surface area contributed by atoms with E-state index in [0.717, 1.165) is 12.8 Å². The van der Waals surface area contributed by atoms with Crippen LogP contribution in [-0.4, -0.2) is 65.7 Å². The SMILES string of the molecule is CC1CCN(C(=O)CN2C[C@@H](C(F)(F)F)[C@H](C(=O)O)C2)CC1. The number of carboxylic acid groups (broad SMARTS) is 1. The first-order valence-corrected chi connectivity index (χ1v) is 7.48. The molecule has 2 heterocycles. The monoisotopic (exact) mass is 322 g/mol. The van der Waals surface area contributed by atoms with Crippen LogP contribution in [0.5, 0.6) is 0 Å². The summed E-state index contributed by atoms with van der Waals surface area (Å²) in [6.07, 6.45) is -2.76. The molecule has 1 N–H and O–H groups in total. The molecule has 0 aromatic rings. The van der Waals surface area contributed by atoms with Crippen LogP contribution in [0.25, 0.3) is 0 Å². The van der Waals surface area contributed by atoms with Crippen LogP contribution in [0.2, 0.25) is 0 Å². The summed E-state index contributed by atoms with van der Waals surface area (Å²) in [4.78, 5) is 26.1. The lowest BCUT2D eigenvalue weighted by atomic mass is 9.96. The highest BCUT2D eigenvalue weighted by molar-refractivity contribution is 5.78. The summed E-state index contributed by atoms with van der Waals surface area (Å²) in [6, 6.07) is 0. The van der Waals surface area contributed by atoms with Gasteiger partial charge in [-0.05, 0) is 18.8 Å². The molecule has 2 rings (SSSR count). The molecule has 0 unspecified atom stereocenters. The number of aliphatic carboxylic acids is 1. The summed E-state index contributed by atoms with van der Waals surface area (Å²) < 4.78 is 38.7.